The molecule has 2 rings (SSSR count). The summed E-state index contributed by atoms with van der Waals surface area (Å²) in [7, 11) is 0. The van der Waals surface area contributed by atoms with Crippen molar-refractivity contribution in [2.75, 3.05) is 19.7 Å². The number of benzene rings is 1. The first-order chi connectivity index (χ1) is 10.4. The van der Waals surface area contributed by atoms with Gasteiger partial charge < -0.3 is 15.4 Å². The Labute approximate surface area is 151 Å². The quantitative estimate of drug-likeness (QED) is 0.806. The molecule has 2 atom stereocenters. The Hall–Kier alpha value is -0.590. The van der Waals surface area contributed by atoms with Crippen LogP contribution in [0, 0.1) is 5.82 Å². The van der Waals surface area contributed by atoms with Crippen molar-refractivity contribution in [3.05, 3.63) is 33.6 Å². The average molecular weight is 386 g/mol. The Balaban J connectivity index is 0.00000264. The Bertz CT molecular complexity index is 560. The summed E-state index contributed by atoms with van der Waals surface area (Å²) in [6.45, 7) is 3.11. The van der Waals surface area contributed by atoms with Crippen LogP contribution in [0.25, 0.3) is 0 Å². The molecule has 0 spiro atoms. The van der Waals surface area contributed by atoms with Gasteiger partial charge in [-0.2, -0.15) is 0 Å². The average Bonchev–Trinajstić information content (AvgIpc) is 2.50. The van der Waals surface area contributed by atoms with E-state index in [-0.39, 0.29) is 23.3 Å². The Morgan fingerprint density at radius 3 is 2.83 bits per heavy atom. The second-order valence-electron chi connectivity index (χ2n) is 5.33. The van der Waals surface area contributed by atoms with Crippen molar-refractivity contribution in [1.29, 1.82) is 0 Å². The van der Waals surface area contributed by atoms with Gasteiger partial charge in [0.2, 0.25) is 5.91 Å². The summed E-state index contributed by atoms with van der Waals surface area (Å²) >= 11 is 11.8. The number of amides is 1. The summed E-state index contributed by atoms with van der Waals surface area (Å²) in [5.41, 5.74) is 6.37. The highest BCUT2D eigenvalue weighted by Gasteiger charge is 2.29. The monoisotopic (exact) mass is 384 g/mol. The number of halogens is 4. The molecule has 1 fully saturated rings. The highest BCUT2D eigenvalue weighted by atomic mass is 35.5. The highest BCUT2D eigenvalue weighted by Crippen LogP contribution is 2.32. The van der Waals surface area contributed by atoms with Crippen LogP contribution in [0.1, 0.15) is 31.4 Å². The molecule has 23 heavy (non-hydrogen) atoms. The Kier molecular flexibility index (Phi) is 8.04. The molecule has 0 aliphatic carbocycles. The predicted octanol–water partition coefficient (Wildman–Crippen LogP) is 3.58. The Morgan fingerprint density at radius 1 is 1.48 bits per heavy atom. The number of hydrogen-bond donors (Lipinski definition) is 1. The molecule has 0 radical (unpaired) electrons. The first-order valence-electron chi connectivity index (χ1n) is 7.24. The van der Waals surface area contributed by atoms with Crippen molar-refractivity contribution in [1.82, 2.24) is 4.90 Å². The Morgan fingerprint density at radius 2 is 2.17 bits per heavy atom. The van der Waals surface area contributed by atoms with Crippen molar-refractivity contribution in [2.24, 2.45) is 5.73 Å². The van der Waals surface area contributed by atoms with Crippen LogP contribution >= 0.6 is 35.6 Å². The third-order valence-corrected chi connectivity index (χ3v) is 4.30. The highest BCUT2D eigenvalue weighted by molar-refractivity contribution is 6.35. The van der Waals surface area contributed by atoms with E-state index in [1.54, 1.807) is 4.90 Å². The van der Waals surface area contributed by atoms with E-state index >= 15 is 0 Å². The molecule has 1 saturated heterocycles. The number of nitrogens with two attached hydrogens (primary N) is 1. The van der Waals surface area contributed by atoms with Crippen LogP contribution < -0.4 is 5.73 Å². The molecule has 1 heterocycles. The first kappa shape index (κ1) is 20.5. The summed E-state index contributed by atoms with van der Waals surface area (Å²) in [5, 5.41) is 0.283. The third kappa shape index (κ3) is 4.94. The largest absolute Gasteiger partial charge is 0.370 e. The number of morpholine rings is 1. The van der Waals surface area contributed by atoms with Crippen molar-refractivity contribution >= 4 is 41.5 Å². The molecule has 1 amide bonds. The zero-order valence-electron chi connectivity index (χ0n) is 12.7. The van der Waals surface area contributed by atoms with E-state index in [2.05, 4.69) is 0 Å². The number of hydrogen-bond acceptors (Lipinski definition) is 3. The van der Waals surface area contributed by atoms with Crippen LogP contribution in [0.4, 0.5) is 4.39 Å². The van der Waals surface area contributed by atoms with E-state index < -0.39 is 18.0 Å². The van der Waals surface area contributed by atoms with E-state index in [1.165, 1.54) is 12.1 Å². The second kappa shape index (κ2) is 9.04. The number of carbonyl (C=O) groups excluding carboxylic acids is 1. The molecule has 2 unspecified atom stereocenters. The van der Waals surface area contributed by atoms with Crippen LogP contribution in [0.5, 0.6) is 0 Å². The fourth-order valence-electron chi connectivity index (χ4n) is 2.49. The molecule has 0 bridgehead atoms. The molecule has 0 aromatic heterocycles. The molecular formula is C15H20Cl3FN2O2. The lowest BCUT2D eigenvalue weighted by atomic mass is 10.1. The van der Waals surface area contributed by atoms with Crippen LogP contribution in [0.3, 0.4) is 0 Å². The first-order valence-corrected chi connectivity index (χ1v) is 8.00. The van der Waals surface area contributed by atoms with Crippen molar-refractivity contribution in [3.8, 4) is 0 Å². The van der Waals surface area contributed by atoms with Crippen molar-refractivity contribution in [3.63, 3.8) is 0 Å². The smallest absolute Gasteiger partial charge is 0.239 e. The van der Waals surface area contributed by atoms with Gasteiger partial charge in [0.15, 0.2) is 0 Å². The van der Waals surface area contributed by atoms with Gasteiger partial charge in [0.05, 0.1) is 24.2 Å². The van der Waals surface area contributed by atoms with Crippen LogP contribution in [-0.4, -0.2) is 36.5 Å². The fourth-order valence-corrected chi connectivity index (χ4v) is 3.00. The summed E-state index contributed by atoms with van der Waals surface area (Å²) in [6, 6.07) is 2.09. The van der Waals surface area contributed by atoms with Gasteiger partial charge in [-0.05, 0) is 18.6 Å². The summed E-state index contributed by atoms with van der Waals surface area (Å²) in [5.74, 6) is -0.670. The van der Waals surface area contributed by atoms with Gasteiger partial charge in [0, 0.05) is 17.1 Å². The lowest BCUT2D eigenvalue weighted by molar-refractivity contribution is -0.140. The minimum atomic E-state index is -0.559. The van der Waals surface area contributed by atoms with Gasteiger partial charge in [-0.1, -0.05) is 36.5 Å². The summed E-state index contributed by atoms with van der Waals surface area (Å²) < 4.78 is 19.3. The van der Waals surface area contributed by atoms with E-state index in [4.69, 9.17) is 33.7 Å². The van der Waals surface area contributed by atoms with Crippen LogP contribution in [0.2, 0.25) is 10.0 Å². The zero-order chi connectivity index (χ0) is 16.3. The SMILES string of the molecule is CCCC(N)C(=O)N1CCOC(c2cc(F)c(Cl)cc2Cl)C1.Cl. The van der Waals surface area contributed by atoms with Gasteiger partial charge in [-0.3, -0.25) is 4.79 Å². The van der Waals surface area contributed by atoms with Crippen molar-refractivity contribution < 1.29 is 13.9 Å². The number of ether oxygens (including phenoxy) is 1. The van der Waals surface area contributed by atoms with Gasteiger partial charge in [0.25, 0.3) is 0 Å². The lowest BCUT2D eigenvalue weighted by Crippen LogP contribution is -2.49. The molecule has 4 nitrogen and oxygen atoms in total. The third-order valence-electron chi connectivity index (χ3n) is 3.68. The number of carbonyl (C=O) groups is 1. The predicted molar refractivity (Wildman–Crippen MR) is 91.8 cm³/mol. The lowest BCUT2D eigenvalue weighted by Gasteiger charge is -2.35. The molecule has 1 aromatic rings. The maximum absolute atomic E-state index is 13.7. The minimum absolute atomic E-state index is 0. The molecular weight excluding hydrogens is 366 g/mol. The molecule has 2 N–H and O–H groups in total. The van der Waals surface area contributed by atoms with Gasteiger partial charge >= 0.3 is 0 Å². The van der Waals surface area contributed by atoms with Crippen LogP contribution in [0.15, 0.2) is 12.1 Å². The van der Waals surface area contributed by atoms with E-state index in [0.29, 0.717) is 36.7 Å². The van der Waals surface area contributed by atoms with Crippen molar-refractivity contribution in [2.45, 2.75) is 31.9 Å². The zero-order valence-corrected chi connectivity index (χ0v) is 15.1. The number of nitrogens with zero attached hydrogens (tertiary/aromatic N) is 1. The normalized spacial score (nSPS) is 19.2. The van der Waals surface area contributed by atoms with E-state index in [0.717, 1.165) is 6.42 Å². The molecule has 0 saturated carbocycles. The number of rotatable bonds is 4. The molecule has 1 aliphatic heterocycles. The van der Waals surface area contributed by atoms with Gasteiger partial charge in [-0.15, -0.1) is 12.4 Å². The minimum Gasteiger partial charge on any atom is -0.370 e. The summed E-state index contributed by atoms with van der Waals surface area (Å²) in [6.07, 6.45) is 0.998. The molecule has 8 heteroatoms. The van der Waals surface area contributed by atoms with E-state index in [1.807, 2.05) is 6.92 Å². The van der Waals surface area contributed by atoms with Gasteiger partial charge in [-0.25, -0.2) is 4.39 Å². The fraction of sp³-hybridized carbons (Fsp3) is 0.533. The van der Waals surface area contributed by atoms with E-state index in [9.17, 15) is 9.18 Å². The molecule has 1 aromatic carbocycles. The molecule has 130 valence electrons. The van der Waals surface area contributed by atoms with Gasteiger partial charge in [0.1, 0.15) is 11.9 Å². The second-order valence-corrected chi connectivity index (χ2v) is 6.14. The standard InChI is InChI=1S/C15H19Cl2FN2O2.ClH/c1-2-3-13(19)15(21)20-4-5-22-14(8-20)9-6-12(18)11(17)7-10(9)16;/h6-7,13-14H,2-5,8,19H2,1H3;1H. The topological polar surface area (TPSA) is 55.6 Å². The van der Waals surface area contributed by atoms with Crippen LogP contribution in [-0.2, 0) is 9.53 Å². The summed E-state index contributed by atoms with van der Waals surface area (Å²) in [4.78, 5) is 13.9. The molecule has 1 aliphatic rings. The maximum atomic E-state index is 13.7. The maximum Gasteiger partial charge on any atom is 0.239 e.